The first-order valence-electron chi connectivity index (χ1n) is 6.78. The number of anilines is 1. The predicted molar refractivity (Wildman–Crippen MR) is 86.6 cm³/mol. The van der Waals surface area contributed by atoms with Crippen molar-refractivity contribution in [2.75, 3.05) is 11.9 Å². The largest absolute Gasteiger partial charge is 0.494 e. The molecule has 0 saturated carbocycles. The first-order chi connectivity index (χ1) is 10.7. The molecule has 0 aliphatic carbocycles. The van der Waals surface area contributed by atoms with Gasteiger partial charge < -0.3 is 4.74 Å². The molecule has 0 unspecified atom stereocenters. The average molecular weight is 313 g/mol. The van der Waals surface area contributed by atoms with E-state index < -0.39 is 5.91 Å². The second-order valence-corrected chi connectivity index (χ2v) is 5.27. The molecule has 1 amide bonds. The van der Waals surface area contributed by atoms with Crippen LogP contribution in [-0.4, -0.2) is 17.5 Å². The second kappa shape index (κ2) is 7.96. The summed E-state index contributed by atoms with van der Waals surface area (Å²) in [7, 11) is 0. The molecule has 1 heterocycles. The van der Waals surface area contributed by atoms with Crippen molar-refractivity contribution in [2.24, 2.45) is 0 Å². The summed E-state index contributed by atoms with van der Waals surface area (Å²) in [6.45, 7) is 2.70. The third-order valence-electron chi connectivity index (χ3n) is 2.68. The number of thiazole rings is 1. The third-order valence-corrected chi connectivity index (χ3v) is 3.37. The van der Waals surface area contributed by atoms with E-state index in [-0.39, 0.29) is 5.57 Å². The fraction of sp³-hybridized carbons (Fsp3) is 0.188. The maximum absolute atomic E-state index is 12.0. The van der Waals surface area contributed by atoms with Gasteiger partial charge in [0.05, 0.1) is 6.61 Å². The van der Waals surface area contributed by atoms with Gasteiger partial charge in [0.25, 0.3) is 5.91 Å². The minimum atomic E-state index is -0.469. The Morgan fingerprint density at radius 3 is 2.82 bits per heavy atom. The minimum Gasteiger partial charge on any atom is -0.494 e. The molecule has 1 N–H and O–H groups in total. The number of hydrogen-bond donors (Lipinski definition) is 1. The maximum Gasteiger partial charge on any atom is 0.268 e. The fourth-order valence-electron chi connectivity index (χ4n) is 1.65. The molecule has 1 aromatic carbocycles. The fourth-order valence-corrected chi connectivity index (χ4v) is 2.17. The Kier molecular flexibility index (Phi) is 5.69. The summed E-state index contributed by atoms with van der Waals surface area (Å²) in [5.74, 6) is 0.300. The summed E-state index contributed by atoms with van der Waals surface area (Å²) in [6.07, 6.45) is 4.06. The Bertz CT molecular complexity index is 685. The van der Waals surface area contributed by atoms with E-state index in [1.807, 2.05) is 25.1 Å². The molecule has 2 rings (SSSR count). The van der Waals surface area contributed by atoms with Gasteiger partial charge in [-0.2, -0.15) is 5.26 Å². The van der Waals surface area contributed by atoms with E-state index in [2.05, 4.69) is 10.3 Å². The van der Waals surface area contributed by atoms with Gasteiger partial charge in [-0.05, 0) is 30.2 Å². The van der Waals surface area contributed by atoms with E-state index in [0.717, 1.165) is 17.7 Å². The number of aromatic nitrogens is 1. The van der Waals surface area contributed by atoms with Gasteiger partial charge in [-0.1, -0.05) is 19.1 Å². The number of hydrogen-bond acceptors (Lipinski definition) is 5. The average Bonchev–Trinajstić information content (AvgIpc) is 3.04. The summed E-state index contributed by atoms with van der Waals surface area (Å²) in [6, 6.07) is 9.14. The van der Waals surface area contributed by atoms with Crippen LogP contribution < -0.4 is 10.1 Å². The summed E-state index contributed by atoms with van der Waals surface area (Å²) in [5, 5.41) is 13.9. The Labute approximate surface area is 132 Å². The van der Waals surface area contributed by atoms with E-state index in [9.17, 15) is 4.79 Å². The molecule has 0 fully saturated rings. The van der Waals surface area contributed by atoms with Gasteiger partial charge in [0.1, 0.15) is 17.4 Å². The maximum atomic E-state index is 12.0. The summed E-state index contributed by atoms with van der Waals surface area (Å²) < 4.78 is 5.49. The summed E-state index contributed by atoms with van der Waals surface area (Å²) in [4.78, 5) is 15.9. The van der Waals surface area contributed by atoms with Crippen LogP contribution in [0.1, 0.15) is 18.9 Å². The highest BCUT2D eigenvalue weighted by Crippen LogP contribution is 2.16. The Balaban J connectivity index is 2.08. The van der Waals surface area contributed by atoms with Crippen LogP contribution in [0.4, 0.5) is 5.13 Å². The number of nitrogens with one attached hydrogen (secondary N) is 1. The summed E-state index contributed by atoms with van der Waals surface area (Å²) in [5.41, 5.74) is 0.784. The lowest BCUT2D eigenvalue weighted by molar-refractivity contribution is -0.112. The summed E-state index contributed by atoms with van der Waals surface area (Å²) >= 11 is 1.30. The number of carbonyl (C=O) groups is 1. The molecule has 0 bridgehead atoms. The quantitative estimate of drug-likeness (QED) is 0.654. The number of ether oxygens (including phenoxy) is 1. The molecule has 2 aromatic rings. The molecule has 0 aliphatic rings. The highest BCUT2D eigenvalue weighted by atomic mass is 32.1. The number of benzene rings is 1. The van der Waals surface area contributed by atoms with Crippen LogP contribution in [0, 0.1) is 11.3 Å². The standard InChI is InChI=1S/C16H15N3O2S/c1-2-8-21-14-5-3-12(4-6-14)10-13(11-17)15(20)19-16-18-7-9-22-16/h3-7,9-10H,2,8H2,1H3,(H,18,19,20)/b13-10-. The van der Waals surface area contributed by atoms with Crippen molar-refractivity contribution in [3.8, 4) is 11.8 Å². The number of nitrogens with zero attached hydrogens (tertiary/aromatic N) is 2. The Morgan fingerprint density at radius 1 is 1.45 bits per heavy atom. The molecule has 22 heavy (non-hydrogen) atoms. The number of amides is 1. The van der Waals surface area contributed by atoms with Crippen LogP contribution in [0.2, 0.25) is 0 Å². The molecule has 0 atom stereocenters. The van der Waals surface area contributed by atoms with Gasteiger partial charge in [-0.3, -0.25) is 10.1 Å². The smallest absolute Gasteiger partial charge is 0.268 e. The molecule has 0 saturated heterocycles. The molecule has 112 valence electrons. The van der Waals surface area contributed by atoms with Crippen molar-refractivity contribution >= 4 is 28.5 Å². The zero-order chi connectivity index (χ0) is 15.8. The van der Waals surface area contributed by atoms with Crippen LogP contribution in [0.15, 0.2) is 41.4 Å². The van der Waals surface area contributed by atoms with E-state index in [1.165, 1.54) is 17.4 Å². The lowest BCUT2D eigenvalue weighted by atomic mass is 10.1. The highest BCUT2D eigenvalue weighted by Gasteiger charge is 2.10. The first kappa shape index (κ1) is 15.7. The van der Waals surface area contributed by atoms with Crippen molar-refractivity contribution in [1.82, 2.24) is 4.98 Å². The molecule has 1 aromatic heterocycles. The lowest BCUT2D eigenvalue weighted by Crippen LogP contribution is -2.13. The normalized spacial score (nSPS) is 10.8. The topological polar surface area (TPSA) is 75.0 Å². The second-order valence-electron chi connectivity index (χ2n) is 4.38. The minimum absolute atomic E-state index is 0.0254. The van der Waals surface area contributed by atoms with Gasteiger partial charge in [0.15, 0.2) is 5.13 Å². The molecule has 5 nitrogen and oxygen atoms in total. The van der Waals surface area contributed by atoms with Gasteiger partial charge in [-0.25, -0.2) is 4.98 Å². The molecular formula is C16H15N3O2S. The number of carbonyl (C=O) groups excluding carboxylic acids is 1. The van der Waals surface area contributed by atoms with Gasteiger partial charge >= 0.3 is 0 Å². The van der Waals surface area contributed by atoms with Gasteiger partial charge in [0.2, 0.25) is 0 Å². The lowest BCUT2D eigenvalue weighted by Gasteiger charge is -2.04. The van der Waals surface area contributed by atoms with Gasteiger partial charge in [-0.15, -0.1) is 11.3 Å². The van der Waals surface area contributed by atoms with E-state index in [4.69, 9.17) is 10.00 Å². The number of rotatable bonds is 6. The molecule has 6 heteroatoms. The van der Waals surface area contributed by atoms with Crippen molar-refractivity contribution in [3.05, 3.63) is 47.0 Å². The third kappa shape index (κ3) is 4.43. The Hall–Kier alpha value is -2.65. The van der Waals surface area contributed by atoms with E-state index in [0.29, 0.717) is 11.7 Å². The van der Waals surface area contributed by atoms with E-state index in [1.54, 1.807) is 23.7 Å². The zero-order valence-electron chi connectivity index (χ0n) is 12.1. The van der Waals surface area contributed by atoms with Gasteiger partial charge in [0, 0.05) is 11.6 Å². The van der Waals surface area contributed by atoms with Crippen LogP contribution in [-0.2, 0) is 4.79 Å². The van der Waals surface area contributed by atoms with Crippen molar-refractivity contribution < 1.29 is 9.53 Å². The zero-order valence-corrected chi connectivity index (χ0v) is 12.9. The molecular weight excluding hydrogens is 298 g/mol. The first-order valence-corrected chi connectivity index (χ1v) is 7.66. The van der Waals surface area contributed by atoms with Crippen LogP contribution >= 0.6 is 11.3 Å². The molecule has 0 spiro atoms. The molecule has 0 aliphatic heterocycles. The van der Waals surface area contributed by atoms with Crippen molar-refractivity contribution in [2.45, 2.75) is 13.3 Å². The van der Waals surface area contributed by atoms with Crippen LogP contribution in [0.3, 0.4) is 0 Å². The predicted octanol–water partition coefficient (Wildman–Crippen LogP) is 3.48. The van der Waals surface area contributed by atoms with Crippen LogP contribution in [0.25, 0.3) is 6.08 Å². The van der Waals surface area contributed by atoms with Crippen molar-refractivity contribution in [3.63, 3.8) is 0 Å². The SMILES string of the molecule is CCCOc1ccc(/C=C(/C#N)C(=O)Nc2nccs2)cc1. The highest BCUT2D eigenvalue weighted by molar-refractivity contribution is 7.13. The van der Waals surface area contributed by atoms with Crippen LogP contribution in [0.5, 0.6) is 5.75 Å². The molecule has 0 radical (unpaired) electrons. The van der Waals surface area contributed by atoms with E-state index >= 15 is 0 Å². The Morgan fingerprint density at radius 2 is 2.23 bits per heavy atom. The van der Waals surface area contributed by atoms with Crippen molar-refractivity contribution in [1.29, 1.82) is 5.26 Å². The monoisotopic (exact) mass is 313 g/mol. The number of nitriles is 1.